The van der Waals surface area contributed by atoms with Gasteiger partial charge in [0.15, 0.2) is 0 Å². The normalized spacial score (nSPS) is 10.1. The van der Waals surface area contributed by atoms with Gasteiger partial charge in [0, 0.05) is 5.92 Å². The molecule has 3 nitrogen and oxygen atoms in total. The van der Waals surface area contributed by atoms with Gasteiger partial charge >= 0.3 is 0 Å². The highest BCUT2D eigenvalue weighted by molar-refractivity contribution is 5.93. The van der Waals surface area contributed by atoms with Crippen LogP contribution in [0.25, 0.3) is 0 Å². The Labute approximate surface area is 102 Å². The molecule has 1 rings (SSSR count). The van der Waals surface area contributed by atoms with Gasteiger partial charge in [-0.15, -0.1) is 0 Å². The van der Waals surface area contributed by atoms with Crippen LogP contribution in [0.4, 0.5) is 5.69 Å². The number of benzene rings is 1. The van der Waals surface area contributed by atoms with Crippen LogP contribution in [0.3, 0.4) is 0 Å². The Morgan fingerprint density at radius 2 is 2.06 bits per heavy atom. The third kappa shape index (κ3) is 3.07. The molecule has 0 radical (unpaired) electrons. The fourth-order valence-electron chi connectivity index (χ4n) is 1.81. The maximum atomic E-state index is 11.9. The molecule has 0 fully saturated rings. The lowest BCUT2D eigenvalue weighted by molar-refractivity contribution is -0.120. The van der Waals surface area contributed by atoms with Crippen molar-refractivity contribution < 1.29 is 4.79 Å². The van der Waals surface area contributed by atoms with E-state index in [0.29, 0.717) is 11.3 Å². The number of carbonyl (C=O) groups is 1. The van der Waals surface area contributed by atoms with E-state index in [9.17, 15) is 4.79 Å². The fraction of sp³-hybridized carbons (Fsp3) is 0.429. The number of hydrogen-bond acceptors (Lipinski definition) is 2. The van der Waals surface area contributed by atoms with Crippen molar-refractivity contribution in [1.29, 1.82) is 5.26 Å². The number of nitrogens with one attached hydrogen (secondary N) is 1. The molecule has 0 aliphatic carbocycles. The SMILES string of the molecule is CCC(CC)C(=O)Nc1cccc(C)c1C#N. The van der Waals surface area contributed by atoms with Crippen LogP contribution >= 0.6 is 0 Å². The molecule has 0 aliphatic rings. The number of aryl methyl sites for hydroxylation is 1. The summed E-state index contributed by atoms with van der Waals surface area (Å²) < 4.78 is 0. The second-order valence-electron chi connectivity index (χ2n) is 4.11. The molecule has 0 heterocycles. The smallest absolute Gasteiger partial charge is 0.227 e. The highest BCUT2D eigenvalue weighted by atomic mass is 16.1. The minimum atomic E-state index is -0.00269. The number of anilines is 1. The van der Waals surface area contributed by atoms with Crippen LogP contribution in [0, 0.1) is 24.2 Å². The van der Waals surface area contributed by atoms with Crippen molar-refractivity contribution in [3.63, 3.8) is 0 Å². The van der Waals surface area contributed by atoms with Gasteiger partial charge in [0.05, 0.1) is 11.3 Å². The minimum Gasteiger partial charge on any atom is -0.325 e. The zero-order valence-corrected chi connectivity index (χ0v) is 10.6. The number of amides is 1. The molecule has 1 aromatic rings. The number of carbonyl (C=O) groups excluding carboxylic acids is 1. The van der Waals surface area contributed by atoms with E-state index in [4.69, 9.17) is 5.26 Å². The maximum Gasteiger partial charge on any atom is 0.227 e. The Kier molecular flexibility index (Phi) is 4.71. The van der Waals surface area contributed by atoms with Gasteiger partial charge in [-0.25, -0.2) is 0 Å². The van der Waals surface area contributed by atoms with Gasteiger partial charge in [0.1, 0.15) is 6.07 Å². The molecule has 0 atom stereocenters. The summed E-state index contributed by atoms with van der Waals surface area (Å²) in [5.41, 5.74) is 2.05. The summed E-state index contributed by atoms with van der Waals surface area (Å²) >= 11 is 0. The third-order valence-electron chi connectivity index (χ3n) is 3.00. The van der Waals surface area contributed by atoms with Gasteiger partial charge in [0.25, 0.3) is 0 Å². The molecule has 90 valence electrons. The average Bonchev–Trinajstić information content (AvgIpc) is 2.31. The van der Waals surface area contributed by atoms with Crippen molar-refractivity contribution in [3.8, 4) is 6.07 Å². The molecule has 1 amide bonds. The van der Waals surface area contributed by atoms with E-state index < -0.39 is 0 Å². The van der Waals surface area contributed by atoms with E-state index in [1.807, 2.05) is 32.9 Å². The van der Waals surface area contributed by atoms with Crippen LogP contribution < -0.4 is 5.32 Å². The molecule has 0 saturated carbocycles. The van der Waals surface area contributed by atoms with Gasteiger partial charge in [0.2, 0.25) is 5.91 Å². The summed E-state index contributed by atoms with van der Waals surface area (Å²) in [5.74, 6) is 0.0131. The van der Waals surface area contributed by atoms with Crippen molar-refractivity contribution >= 4 is 11.6 Å². The summed E-state index contributed by atoms with van der Waals surface area (Å²) in [7, 11) is 0. The van der Waals surface area contributed by atoms with E-state index in [-0.39, 0.29) is 11.8 Å². The number of nitrogens with zero attached hydrogens (tertiary/aromatic N) is 1. The number of rotatable bonds is 4. The Morgan fingerprint density at radius 1 is 1.41 bits per heavy atom. The van der Waals surface area contributed by atoms with E-state index in [1.165, 1.54) is 0 Å². The Hall–Kier alpha value is -1.82. The quantitative estimate of drug-likeness (QED) is 0.863. The first-order valence-corrected chi connectivity index (χ1v) is 5.94. The van der Waals surface area contributed by atoms with Crippen molar-refractivity contribution in [2.75, 3.05) is 5.32 Å². The second-order valence-corrected chi connectivity index (χ2v) is 4.11. The molecule has 0 spiro atoms. The molecule has 0 saturated heterocycles. The fourth-order valence-corrected chi connectivity index (χ4v) is 1.81. The topological polar surface area (TPSA) is 52.9 Å². The molecular weight excluding hydrogens is 212 g/mol. The first-order chi connectivity index (χ1) is 8.13. The van der Waals surface area contributed by atoms with Crippen molar-refractivity contribution in [3.05, 3.63) is 29.3 Å². The summed E-state index contributed by atoms with van der Waals surface area (Å²) in [5, 5.41) is 11.9. The van der Waals surface area contributed by atoms with Crippen LogP contribution in [-0.2, 0) is 4.79 Å². The standard InChI is InChI=1S/C14H18N2O/c1-4-11(5-2)14(17)16-13-8-6-7-10(3)12(13)9-15/h6-8,11H,4-5H2,1-3H3,(H,16,17). The molecule has 0 unspecified atom stereocenters. The third-order valence-corrected chi connectivity index (χ3v) is 3.00. The van der Waals surface area contributed by atoms with Crippen molar-refractivity contribution in [2.45, 2.75) is 33.6 Å². The van der Waals surface area contributed by atoms with Crippen LogP contribution in [0.2, 0.25) is 0 Å². The van der Waals surface area contributed by atoms with Crippen molar-refractivity contribution in [1.82, 2.24) is 0 Å². The van der Waals surface area contributed by atoms with Gasteiger partial charge in [-0.05, 0) is 31.4 Å². The van der Waals surface area contributed by atoms with Crippen LogP contribution in [0.15, 0.2) is 18.2 Å². The van der Waals surface area contributed by atoms with E-state index >= 15 is 0 Å². The molecule has 1 aromatic carbocycles. The zero-order chi connectivity index (χ0) is 12.8. The van der Waals surface area contributed by atoms with Crippen LogP contribution in [-0.4, -0.2) is 5.91 Å². The van der Waals surface area contributed by atoms with Crippen molar-refractivity contribution in [2.24, 2.45) is 5.92 Å². The number of hydrogen-bond donors (Lipinski definition) is 1. The highest BCUT2D eigenvalue weighted by Gasteiger charge is 2.15. The monoisotopic (exact) mass is 230 g/mol. The summed E-state index contributed by atoms with van der Waals surface area (Å²) in [6.07, 6.45) is 1.63. The Balaban J connectivity index is 2.93. The molecular formula is C14H18N2O. The molecule has 3 heteroatoms. The zero-order valence-electron chi connectivity index (χ0n) is 10.6. The van der Waals surface area contributed by atoms with Crippen LogP contribution in [0.1, 0.15) is 37.8 Å². The first kappa shape index (κ1) is 13.2. The molecule has 1 N–H and O–H groups in total. The average molecular weight is 230 g/mol. The molecule has 0 bridgehead atoms. The lowest BCUT2D eigenvalue weighted by atomic mass is 10.0. The van der Waals surface area contributed by atoms with E-state index in [0.717, 1.165) is 18.4 Å². The van der Waals surface area contributed by atoms with Gasteiger partial charge in [-0.1, -0.05) is 26.0 Å². The Bertz CT molecular complexity index is 442. The van der Waals surface area contributed by atoms with E-state index in [1.54, 1.807) is 6.07 Å². The highest BCUT2D eigenvalue weighted by Crippen LogP contribution is 2.20. The first-order valence-electron chi connectivity index (χ1n) is 5.94. The van der Waals surface area contributed by atoms with Crippen LogP contribution in [0.5, 0.6) is 0 Å². The maximum absolute atomic E-state index is 11.9. The second kappa shape index (κ2) is 6.05. The summed E-state index contributed by atoms with van der Waals surface area (Å²) in [6.45, 7) is 5.86. The summed E-state index contributed by atoms with van der Waals surface area (Å²) in [4.78, 5) is 11.9. The summed E-state index contributed by atoms with van der Waals surface area (Å²) in [6, 6.07) is 7.61. The predicted molar refractivity (Wildman–Crippen MR) is 68.6 cm³/mol. The molecule has 17 heavy (non-hydrogen) atoms. The Morgan fingerprint density at radius 3 is 2.59 bits per heavy atom. The molecule has 0 aromatic heterocycles. The minimum absolute atomic E-state index is 0.00269. The van der Waals surface area contributed by atoms with Gasteiger partial charge in [-0.2, -0.15) is 5.26 Å². The van der Waals surface area contributed by atoms with Gasteiger partial charge in [-0.3, -0.25) is 4.79 Å². The predicted octanol–water partition coefficient (Wildman–Crippen LogP) is 3.24. The van der Waals surface area contributed by atoms with Gasteiger partial charge < -0.3 is 5.32 Å². The lowest BCUT2D eigenvalue weighted by Crippen LogP contribution is -2.22. The van der Waals surface area contributed by atoms with E-state index in [2.05, 4.69) is 11.4 Å². The largest absolute Gasteiger partial charge is 0.325 e. The molecule has 0 aliphatic heterocycles. The number of nitriles is 1. The lowest BCUT2D eigenvalue weighted by Gasteiger charge is -2.14.